The van der Waals surface area contributed by atoms with E-state index in [4.69, 9.17) is 23.4 Å². The Morgan fingerprint density at radius 3 is 2.15 bits per heavy atom. The molecule has 1 aliphatic carbocycles. The summed E-state index contributed by atoms with van der Waals surface area (Å²) in [5.41, 5.74) is 3.40. The molecule has 0 N–H and O–H groups in total. The molecule has 0 unspecified atom stereocenters. The zero-order valence-corrected chi connectivity index (χ0v) is 19.2. The second kappa shape index (κ2) is 9.98. The first-order valence-corrected chi connectivity index (χ1v) is 11.4. The van der Waals surface area contributed by atoms with E-state index in [1.807, 2.05) is 32.9 Å². The fourth-order valence-corrected chi connectivity index (χ4v) is 4.15. The smallest absolute Gasteiger partial charge is 0.338 e. The quantitative estimate of drug-likeness (QED) is 0.339. The summed E-state index contributed by atoms with van der Waals surface area (Å²) in [5.74, 6) is 0.734. The largest absolute Gasteiger partial charge is 0.490 e. The summed E-state index contributed by atoms with van der Waals surface area (Å²) in [5, 5.41) is 0.791. The number of hydrogen-bond acceptors (Lipinski definition) is 7. The Bertz CT molecular complexity index is 1200. The van der Waals surface area contributed by atoms with E-state index in [1.54, 1.807) is 12.1 Å². The first kappa shape index (κ1) is 22.7. The molecule has 3 aromatic rings. The van der Waals surface area contributed by atoms with Crippen LogP contribution < -0.4 is 19.8 Å². The fraction of sp³-hybridized carbons (Fsp3) is 0.385. The molecule has 1 aromatic heterocycles. The highest BCUT2D eigenvalue weighted by Gasteiger charge is 2.20. The van der Waals surface area contributed by atoms with Crippen molar-refractivity contribution in [2.45, 2.75) is 46.6 Å². The van der Waals surface area contributed by atoms with E-state index in [0.29, 0.717) is 48.2 Å². The van der Waals surface area contributed by atoms with Crippen molar-refractivity contribution in [1.82, 2.24) is 0 Å². The van der Waals surface area contributed by atoms with Gasteiger partial charge in [0.05, 0.1) is 25.4 Å². The molecule has 0 bridgehead atoms. The molecule has 0 aliphatic heterocycles. The van der Waals surface area contributed by atoms with E-state index in [2.05, 4.69) is 0 Å². The SMILES string of the molecule is CCOc1cc(C(=O)OCc2cc(=O)oc3cc4c(cc23)CCC4)cc(OCC)c1OCC. The molecule has 0 fully saturated rings. The number of hydrogen-bond donors (Lipinski definition) is 0. The van der Waals surface area contributed by atoms with Gasteiger partial charge in [0.1, 0.15) is 12.2 Å². The van der Waals surface area contributed by atoms with E-state index in [9.17, 15) is 9.59 Å². The number of carbonyl (C=O) groups excluding carboxylic acids is 1. The molecule has 7 heteroatoms. The molecule has 0 saturated carbocycles. The van der Waals surface area contributed by atoms with Crippen molar-refractivity contribution in [3.63, 3.8) is 0 Å². The monoisotopic (exact) mass is 452 g/mol. The number of carbonyl (C=O) groups is 1. The van der Waals surface area contributed by atoms with Gasteiger partial charge in [0.25, 0.3) is 0 Å². The van der Waals surface area contributed by atoms with E-state index < -0.39 is 11.6 Å². The Balaban J connectivity index is 1.62. The number of esters is 1. The number of rotatable bonds is 9. The predicted molar refractivity (Wildman–Crippen MR) is 124 cm³/mol. The van der Waals surface area contributed by atoms with Gasteiger partial charge in [-0.1, -0.05) is 0 Å². The minimum atomic E-state index is -0.553. The van der Waals surface area contributed by atoms with Gasteiger partial charge in [-0.05, 0) is 75.4 Å². The highest BCUT2D eigenvalue weighted by Crippen LogP contribution is 2.39. The first-order valence-electron chi connectivity index (χ1n) is 11.4. The highest BCUT2D eigenvalue weighted by atomic mass is 16.5. The number of aryl methyl sites for hydroxylation is 2. The molecule has 174 valence electrons. The maximum atomic E-state index is 12.9. The van der Waals surface area contributed by atoms with Gasteiger partial charge >= 0.3 is 11.6 Å². The highest BCUT2D eigenvalue weighted by molar-refractivity contribution is 5.91. The van der Waals surface area contributed by atoms with Crippen LogP contribution in [0.4, 0.5) is 0 Å². The van der Waals surface area contributed by atoms with Gasteiger partial charge < -0.3 is 23.4 Å². The lowest BCUT2D eigenvalue weighted by Gasteiger charge is -2.17. The number of benzene rings is 2. The maximum Gasteiger partial charge on any atom is 0.338 e. The second-order valence-corrected chi connectivity index (χ2v) is 7.74. The van der Waals surface area contributed by atoms with Gasteiger partial charge in [0.15, 0.2) is 11.5 Å². The van der Waals surface area contributed by atoms with Crippen LogP contribution in [0.1, 0.15) is 54.2 Å². The average molecular weight is 453 g/mol. The molecule has 2 aromatic carbocycles. The zero-order valence-electron chi connectivity index (χ0n) is 19.2. The van der Waals surface area contributed by atoms with Crippen molar-refractivity contribution in [3.05, 3.63) is 63.0 Å². The Labute approximate surface area is 192 Å². The van der Waals surface area contributed by atoms with Crippen LogP contribution in [-0.2, 0) is 24.2 Å². The third-order valence-electron chi connectivity index (χ3n) is 5.55. The molecule has 0 spiro atoms. The van der Waals surface area contributed by atoms with Crippen LogP contribution >= 0.6 is 0 Å². The van der Waals surface area contributed by atoms with Gasteiger partial charge in [-0.25, -0.2) is 9.59 Å². The van der Waals surface area contributed by atoms with Gasteiger partial charge in [0, 0.05) is 17.0 Å². The third kappa shape index (κ3) is 4.82. The number of fused-ring (bicyclic) bond motifs is 2. The third-order valence-corrected chi connectivity index (χ3v) is 5.55. The molecule has 33 heavy (non-hydrogen) atoms. The summed E-state index contributed by atoms with van der Waals surface area (Å²) in [6.45, 7) is 6.75. The van der Waals surface area contributed by atoms with Crippen molar-refractivity contribution < 1.29 is 28.2 Å². The molecule has 1 aliphatic rings. The molecular weight excluding hydrogens is 424 g/mol. The van der Waals surface area contributed by atoms with Gasteiger partial charge in [-0.15, -0.1) is 0 Å². The summed E-state index contributed by atoms with van der Waals surface area (Å²) in [6, 6.07) is 8.53. The van der Waals surface area contributed by atoms with Gasteiger partial charge in [-0.3, -0.25) is 0 Å². The minimum absolute atomic E-state index is 0.0547. The van der Waals surface area contributed by atoms with Crippen LogP contribution in [0, 0.1) is 0 Å². The zero-order chi connectivity index (χ0) is 23.4. The molecule has 0 radical (unpaired) electrons. The standard InChI is InChI=1S/C26H28O7/c1-4-29-22-12-18(13-23(30-5-2)25(22)31-6-3)26(28)32-15-19-14-24(27)33-21-11-17-9-7-8-16(17)10-20(19)21/h10-14H,4-9,15H2,1-3H3. The van der Waals surface area contributed by atoms with Crippen LogP contribution in [0.25, 0.3) is 11.0 Å². The Kier molecular flexibility index (Phi) is 6.87. The molecular formula is C26H28O7. The summed E-state index contributed by atoms with van der Waals surface area (Å²) >= 11 is 0. The van der Waals surface area contributed by atoms with Crippen LogP contribution in [-0.4, -0.2) is 25.8 Å². The average Bonchev–Trinajstić information content (AvgIpc) is 3.25. The molecule has 0 amide bonds. The van der Waals surface area contributed by atoms with Crippen LogP contribution in [0.2, 0.25) is 0 Å². The van der Waals surface area contributed by atoms with Crippen molar-refractivity contribution >= 4 is 16.9 Å². The van der Waals surface area contributed by atoms with Gasteiger partial charge in [-0.2, -0.15) is 0 Å². The molecule has 4 rings (SSSR count). The van der Waals surface area contributed by atoms with Crippen molar-refractivity contribution in [3.8, 4) is 17.2 Å². The van der Waals surface area contributed by atoms with Gasteiger partial charge in [0.2, 0.25) is 5.75 Å². The summed E-state index contributed by atoms with van der Waals surface area (Å²) in [4.78, 5) is 25.0. The lowest BCUT2D eigenvalue weighted by molar-refractivity contribution is 0.0472. The van der Waals surface area contributed by atoms with Crippen molar-refractivity contribution in [1.29, 1.82) is 0 Å². The second-order valence-electron chi connectivity index (χ2n) is 7.74. The fourth-order valence-electron chi connectivity index (χ4n) is 4.15. The molecule has 0 saturated heterocycles. The Hall–Kier alpha value is -3.48. The molecule has 7 nitrogen and oxygen atoms in total. The lowest BCUT2D eigenvalue weighted by atomic mass is 10.0. The van der Waals surface area contributed by atoms with Crippen molar-refractivity contribution in [2.75, 3.05) is 19.8 Å². The maximum absolute atomic E-state index is 12.9. The first-order chi connectivity index (χ1) is 16.0. The van der Waals surface area contributed by atoms with Crippen LogP contribution in [0.15, 0.2) is 39.5 Å². The van der Waals surface area contributed by atoms with E-state index in [0.717, 1.165) is 24.6 Å². The van der Waals surface area contributed by atoms with E-state index >= 15 is 0 Å². The summed E-state index contributed by atoms with van der Waals surface area (Å²) in [7, 11) is 0. The lowest BCUT2D eigenvalue weighted by Crippen LogP contribution is -2.10. The topological polar surface area (TPSA) is 84.2 Å². The predicted octanol–water partition coefficient (Wildman–Crippen LogP) is 4.83. The Morgan fingerprint density at radius 2 is 1.52 bits per heavy atom. The summed E-state index contributed by atoms with van der Waals surface area (Å²) < 4.78 is 28.0. The van der Waals surface area contributed by atoms with Crippen LogP contribution in [0.3, 0.4) is 0 Å². The summed E-state index contributed by atoms with van der Waals surface area (Å²) in [6.07, 6.45) is 3.06. The molecule has 1 heterocycles. The normalized spacial score (nSPS) is 12.5. The van der Waals surface area contributed by atoms with Crippen LogP contribution in [0.5, 0.6) is 17.2 Å². The molecule has 0 atom stereocenters. The van der Waals surface area contributed by atoms with E-state index in [-0.39, 0.29) is 12.2 Å². The Morgan fingerprint density at radius 1 is 0.879 bits per heavy atom. The minimum Gasteiger partial charge on any atom is -0.490 e. The number of ether oxygens (including phenoxy) is 4. The van der Waals surface area contributed by atoms with E-state index in [1.165, 1.54) is 17.2 Å². The van der Waals surface area contributed by atoms with Crippen molar-refractivity contribution in [2.24, 2.45) is 0 Å².